The molecule has 0 unspecified atom stereocenters. The second kappa shape index (κ2) is 6.00. The largest absolute Gasteiger partial charge is 0.299 e. The molecule has 0 amide bonds. The van der Waals surface area contributed by atoms with Crippen LogP contribution in [-0.2, 0) is 14.4 Å². The highest BCUT2D eigenvalue weighted by atomic mass is 32.2. The van der Waals surface area contributed by atoms with E-state index in [0.29, 0.717) is 6.42 Å². The molecule has 0 aliphatic heterocycles. The fourth-order valence-corrected chi connectivity index (χ4v) is 1.24. The Morgan fingerprint density at radius 3 is 2.33 bits per heavy atom. The molecule has 0 bridgehead atoms. The first kappa shape index (κ1) is 11.4. The van der Waals surface area contributed by atoms with Gasteiger partial charge in [0.25, 0.3) is 5.12 Å². The fourth-order valence-electron chi connectivity index (χ4n) is 0.599. The van der Waals surface area contributed by atoms with E-state index < -0.39 is 10.9 Å². The van der Waals surface area contributed by atoms with Crippen LogP contribution in [0.2, 0.25) is 6.32 Å². The Bertz CT molecular complexity index is 203. The molecule has 0 heterocycles. The van der Waals surface area contributed by atoms with Crippen molar-refractivity contribution in [1.82, 2.24) is 0 Å². The number of rotatable bonds is 5. The van der Waals surface area contributed by atoms with Gasteiger partial charge in [0.1, 0.15) is 13.6 Å². The highest BCUT2D eigenvalue weighted by Gasteiger charge is 2.10. The van der Waals surface area contributed by atoms with Crippen LogP contribution >= 0.6 is 11.8 Å². The highest BCUT2D eigenvalue weighted by Crippen LogP contribution is 2.04. The molecular formula is C7H11BO3S. The molecule has 0 aliphatic rings. The number of Topliss-reactive ketones (excluding diaryl/α,β-unsaturated/α-hetero) is 2. The fraction of sp³-hybridized carbons (Fsp3) is 0.571. The monoisotopic (exact) mass is 186 g/mol. The Morgan fingerprint density at radius 1 is 1.33 bits per heavy atom. The highest BCUT2D eigenvalue weighted by molar-refractivity contribution is 8.15. The summed E-state index contributed by atoms with van der Waals surface area (Å²) in [4.78, 5) is 32.0. The minimum atomic E-state index is -0.528. The van der Waals surface area contributed by atoms with Gasteiger partial charge in [-0.05, 0) is 6.42 Å². The molecule has 0 saturated heterocycles. The predicted octanol–water partition coefficient (Wildman–Crippen LogP) is -0.154. The molecule has 0 radical (unpaired) electrons. The van der Waals surface area contributed by atoms with Gasteiger partial charge >= 0.3 is 0 Å². The summed E-state index contributed by atoms with van der Waals surface area (Å²) in [6, 6.07) is 0. The van der Waals surface area contributed by atoms with Gasteiger partial charge < -0.3 is 0 Å². The lowest BCUT2D eigenvalue weighted by Gasteiger charge is -1.95. The SMILES string of the molecule is BCCC(=O)CSC(=O)C(C)=O. The number of hydrogen-bond donors (Lipinski definition) is 0. The summed E-state index contributed by atoms with van der Waals surface area (Å²) in [6.07, 6.45) is 1.27. The van der Waals surface area contributed by atoms with Gasteiger partial charge in [0.2, 0.25) is 5.78 Å². The van der Waals surface area contributed by atoms with E-state index >= 15 is 0 Å². The molecule has 3 nitrogen and oxygen atoms in total. The van der Waals surface area contributed by atoms with E-state index in [1.165, 1.54) is 6.92 Å². The first-order valence-corrected chi connectivity index (χ1v) is 4.75. The lowest BCUT2D eigenvalue weighted by Crippen LogP contribution is -2.09. The summed E-state index contributed by atoms with van der Waals surface area (Å²) in [7, 11) is 1.90. The second-order valence-electron chi connectivity index (χ2n) is 2.42. The molecule has 5 heteroatoms. The average Bonchev–Trinajstić information content (AvgIpc) is 2.00. The standard InChI is InChI=1S/C7H11BO3S/c1-5(9)7(11)12-4-6(10)2-3-8/h2-4,8H2,1H3. The molecule has 0 aliphatic carbocycles. The van der Waals surface area contributed by atoms with Crippen LogP contribution in [0.25, 0.3) is 0 Å². The van der Waals surface area contributed by atoms with Gasteiger partial charge in [-0.1, -0.05) is 18.1 Å². The molecular weight excluding hydrogens is 175 g/mol. The van der Waals surface area contributed by atoms with Crippen LogP contribution in [0.15, 0.2) is 0 Å². The Labute approximate surface area is 76.7 Å². The summed E-state index contributed by atoms with van der Waals surface area (Å²) in [6.45, 7) is 1.21. The van der Waals surface area contributed by atoms with Crippen LogP contribution in [0.4, 0.5) is 0 Å². The van der Waals surface area contributed by atoms with Crippen molar-refractivity contribution in [2.75, 3.05) is 5.75 Å². The molecule has 0 saturated carbocycles. The molecule has 0 aromatic carbocycles. The lowest BCUT2D eigenvalue weighted by molar-refractivity contribution is -0.130. The van der Waals surface area contributed by atoms with Crippen LogP contribution in [-0.4, -0.2) is 30.3 Å². The third-order valence-corrected chi connectivity index (χ3v) is 2.20. The van der Waals surface area contributed by atoms with Gasteiger partial charge in [-0.3, -0.25) is 14.4 Å². The summed E-state index contributed by atoms with van der Waals surface area (Å²) >= 11 is 0.795. The van der Waals surface area contributed by atoms with Gasteiger partial charge in [-0.25, -0.2) is 0 Å². The van der Waals surface area contributed by atoms with Crippen molar-refractivity contribution in [2.24, 2.45) is 0 Å². The summed E-state index contributed by atoms with van der Waals surface area (Å²) in [5, 5.41) is -0.528. The third kappa shape index (κ3) is 5.13. The average molecular weight is 186 g/mol. The molecule has 0 atom stereocenters. The number of carbonyl (C=O) groups is 3. The number of carbonyl (C=O) groups excluding carboxylic acids is 3. The van der Waals surface area contributed by atoms with Gasteiger partial charge in [0.15, 0.2) is 0 Å². The molecule has 0 fully saturated rings. The topological polar surface area (TPSA) is 51.2 Å². The maximum atomic E-state index is 10.9. The van der Waals surface area contributed by atoms with E-state index in [9.17, 15) is 14.4 Å². The summed E-state index contributed by atoms with van der Waals surface area (Å²) < 4.78 is 0. The second-order valence-corrected chi connectivity index (χ2v) is 3.37. The molecule has 0 N–H and O–H groups in total. The first-order valence-electron chi connectivity index (χ1n) is 3.77. The number of ketones is 2. The van der Waals surface area contributed by atoms with Crippen molar-refractivity contribution < 1.29 is 14.4 Å². The Balaban J connectivity index is 3.61. The first-order chi connectivity index (χ1) is 5.57. The van der Waals surface area contributed by atoms with Crippen molar-refractivity contribution in [3.63, 3.8) is 0 Å². The molecule has 0 rings (SSSR count). The van der Waals surface area contributed by atoms with Crippen molar-refractivity contribution in [3.05, 3.63) is 0 Å². The van der Waals surface area contributed by atoms with E-state index in [0.717, 1.165) is 18.1 Å². The minimum absolute atomic E-state index is 0.0251. The van der Waals surface area contributed by atoms with E-state index in [-0.39, 0.29) is 11.5 Å². The zero-order valence-electron chi connectivity index (χ0n) is 7.25. The Kier molecular flexibility index (Phi) is 5.71. The maximum Gasteiger partial charge on any atom is 0.255 e. The van der Waals surface area contributed by atoms with E-state index in [2.05, 4.69) is 0 Å². The maximum absolute atomic E-state index is 10.9. The summed E-state index contributed by atoms with van der Waals surface area (Å²) in [5.74, 6) is -0.340. The predicted molar refractivity (Wildman–Crippen MR) is 51.1 cm³/mol. The van der Waals surface area contributed by atoms with Crippen LogP contribution in [0.5, 0.6) is 0 Å². The molecule has 0 aromatic rings. The van der Waals surface area contributed by atoms with Crippen molar-refractivity contribution in [2.45, 2.75) is 19.7 Å². The summed E-state index contributed by atoms with van der Waals surface area (Å²) in [5.41, 5.74) is 0. The molecule has 66 valence electrons. The lowest BCUT2D eigenvalue weighted by atomic mass is 10.0. The van der Waals surface area contributed by atoms with Crippen LogP contribution in [0, 0.1) is 0 Å². The molecule has 12 heavy (non-hydrogen) atoms. The number of thioether (sulfide) groups is 1. The van der Waals surface area contributed by atoms with Gasteiger partial charge in [-0.2, -0.15) is 0 Å². The van der Waals surface area contributed by atoms with E-state index in [4.69, 9.17) is 0 Å². The van der Waals surface area contributed by atoms with Crippen LogP contribution in [0.3, 0.4) is 0 Å². The Hall–Kier alpha value is -0.575. The molecule has 0 spiro atoms. The smallest absolute Gasteiger partial charge is 0.255 e. The van der Waals surface area contributed by atoms with Crippen molar-refractivity contribution >= 4 is 36.3 Å². The Morgan fingerprint density at radius 2 is 1.92 bits per heavy atom. The third-order valence-electron chi connectivity index (χ3n) is 1.18. The van der Waals surface area contributed by atoms with Crippen molar-refractivity contribution in [1.29, 1.82) is 0 Å². The molecule has 0 aromatic heterocycles. The van der Waals surface area contributed by atoms with Crippen LogP contribution < -0.4 is 0 Å². The quantitative estimate of drug-likeness (QED) is 0.442. The van der Waals surface area contributed by atoms with E-state index in [1.807, 2.05) is 7.85 Å². The minimum Gasteiger partial charge on any atom is -0.299 e. The zero-order valence-corrected chi connectivity index (χ0v) is 8.07. The normalized spacial score (nSPS) is 9.42. The van der Waals surface area contributed by atoms with Gasteiger partial charge in [0, 0.05) is 6.92 Å². The van der Waals surface area contributed by atoms with E-state index in [1.54, 1.807) is 0 Å². The van der Waals surface area contributed by atoms with Gasteiger partial charge in [0.05, 0.1) is 5.75 Å². The van der Waals surface area contributed by atoms with Crippen LogP contribution in [0.1, 0.15) is 13.3 Å². The zero-order chi connectivity index (χ0) is 9.56. The van der Waals surface area contributed by atoms with Crippen molar-refractivity contribution in [3.8, 4) is 0 Å². The number of hydrogen-bond acceptors (Lipinski definition) is 4. The van der Waals surface area contributed by atoms with Gasteiger partial charge in [-0.15, -0.1) is 0 Å².